The van der Waals surface area contributed by atoms with Crippen LogP contribution in [0.5, 0.6) is 5.75 Å². The lowest BCUT2D eigenvalue weighted by Crippen LogP contribution is -2.47. The van der Waals surface area contributed by atoms with Gasteiger partial charge in [0, 0.05) is 49.0 Å². The van der Waals surface area contributed by atoms with E-state index in [1.54, 1.807) is 12.1 Å². The van der Waals surface area contributed by atoms with E-state index in [4.69, 9.17) is 40.2 Å². The molecule has 0 saturated carbocycles. The second-order valence-electron chi connectivity index (χ2n) is 7.23. The average Bonchev–Trinajstić information content (AvgIpc) is 3.02. The van der Waals surface area contributed by atoms with Crippen LogP contribution < -0.4 is 9.64 Å². The fourth-order valence-corrected chi connectivity index (χ4v) is 3.95. The van der Waals surface area contributed by atoms with Crippen molar-refractivity contribution < 1.29 is 4.74 Å². The number of rotatable bonds is 6. The minimum atomic E-state index is 0.345. The lowest BCUT2D eigenvalue weighted by molar-refractivity contribution is 0.193. The second kappa shape index (κ2) is 9.39. The zero-order valence-electron chi connectivity index (χ0n) is 16.7. The monoisotopic (exact) mass is 463 g/mol. The third-order valence-corrected chi connectivity index (χ3v) is 6.16. The summed E-state index contributed by atoms with van der Waals surface area (Å²) in [5, 5.41) is 6.12. The maximum atomic E-state index is 6.13. The SMILES string of the molecule is Cn1c(COc2ccc(Cl)cc2)nn(CN2CCN(c3cccc(Cl)c3)CC2)c1=S. The highest BCUT2D eigenvalue weighted by Gasteiger charge is 2.19. The van der Waals surface area contributed by atoms with Crippen molar-refractivity contribution in [2.24, 2.45) is 7.05 Å². The van der Waals surface area contributed by atoms with E-state index in [9.17, 15) is 0 Å². The lowest BCUT2D eigenvalue weighted by Gasteiger charge is -2.35. The van der Waals surface area contributed by atoms with Gasteiger partial charge in [-0.25, -0.2) is 4.68 Å². The molecule has 9 heteroatoms. The molecule has 0 aliphatic carbocycles. The Kier molecular flexibility index (Phi) is 6.63. The van der Waals surface area contributed by atoms with Crippen LogP contribution in [-0.4, -0.2) is 45.4 Å². The van der Waals surface area contributed by atoms with Gasteiger partial charge in [0.25, 0.3) is 0 Å². The number of hydrogen-bond acceptors (Lipinski definition) is 5. The third-order valence-electron chi connectivity index (χ3n) is 5.19. The molecule has 1 aromatic heterocycles. The Morgan fingerprint density at radius 3 is 2.43 bits per heavy atom. The molecule has 0 amide bonds. The maximum absolute atomic E-state index is 6.13. The van der Waals surface area contributed by atoms with Gasteiger partial charge < -0.3 is 14.2 Å². The van der Waals surface area contributed by atoms with Crippen LogP contribution in [-0.2, 0) is 20.3 Å². The van der Waals surface area contributed by atoms with Crippen molar-refractivity contribution in [3.05, 3.63) is 69.2 Å². The number of benzene rings is 2. The molecule has 3 aromatic rings. The molecule has 6 nitrogen and oxygen atoms in total. The summed E-state index contributed by atoms with van der Waals surface area (Å²) >= 11 is 17.6. The topological polar surface area (TPSA) is 38.5 Å². The molecule has 0 unspecified atom stereocenters. The van der Waals surface area contributed by atoms with Crippen LogP contribution in [0.15, 0.2) is 48.5 Å². The summed E-state index contributed by atoms with van der Waals surface area (Å²) in [6.45, 7) is 4.75. The van der Waals surface area contributed by atoms with Gasteiger partial charge in [0.1, 0.15) is 12.4 Å². The Balaban J connectivity index is 1.35. The first-order valence-electron chi connectivity index (χ1n) is 9.73. The molecule has 158 valence electrons. The molecule has 2 heterocycles. The first-order chi connectivity index (χ1) is 14.5. The molecular formula is C21H23Cl2N5OS. The van der Waals surface area contributed by atoms with Gasteiger partial charge in [0.05, 0.1) is 6.67 Å². The Morgan fingerprint density at radius 2 is 1.73 bits per heavy atom. The first-order valence-corrected chi connectivity index (χ1v) is 10.9. The standard InChI is InChI=1S/C21H23Cl2N5OS/c1-25-20(14-29-19-7-5-16(22)6-8-19)24-28(21(25)30)15-26-9-11-27(12-10-26)18-4-2-3-17(23)13-18/h2-8,13H,9-12,14-15H2,1H3. The fraction of sp³-hybridized carbons (Fsp3) is 0.333. The van der Waals surface area contributed by atoms with Crippen LogP contribution in [0.3, 0.4) is 0 Å². The predicted octanol–water partition coefficient (Wildman–Crippen LogP) is 4.62. The fourth-order valence-electron chi connectivity index (χ4n) is 3.44. The van der Waals surface area contributed by atoms with Crippen LogP contribution >= 0.6 is 35.4 Å². The molecule has 0 bridgehead atoms. The molecule has 0 spiro atoms. The number of aromatic nitrogens is 3. The quantitative estimate of drug-likeness (QED) is 0.498. The van der Waals surface area contributed by atoms with Crippen molar-refractivity contribution >= 4 is 41.1 Å². The number of ether oxygens (including phenoxy) is 1. The maximum Gasteiger partial charge on any atom is 0.198 e. The van der Waals surface area contributed by atoms with Crippen molar-refractivity contribution in [2.75, 3.05) is 31.1 Å². The lowest BCUT2D eigenvalue weighted by atomic mass is 10.2. The molecule has 0 atom stereocenters. The van der Waals surface area contributed by atoms with Gasteiger partial charge in [-0.05, 0) is 54.7 Å². The van der Waals surface area contributed by atoms with E-state index < -0.39 is 0 Å². The minimum Gasteiger partial charge on any atom is -0.486 e. The molecule has 1 saturated heterocycles. The number of halogens is 2. The van der Waals surface area contributed by atoms with E-state index in [0.717, 1.165) is 42.8 Å². The van der Waals surface area contributed by atoms with Crippen molar-refractivity contribution in [2.45, 2.75) is 13.3 Å². The zero-order valence-corrected chi connectivity index (χ0v) is 19.0. The van der Waals surface area contributed by atoms with Crippen LogP contribution in [0, 0.1) is 4.77 Å². The zero-order chi connectivity index (χ0) is 21.1. The Morgan fingerprint density at radius 1 is 1.00 bits per heavy atom. The molecule has 30 heavy (non-hydrogen) atoms. The summed E-state index contributed by atoms with van der Waals surface area (Å²) in [4.78, 5) is 4.71. The minimum absolute atomic E-state index is 0.345. The second-order valence-corrected chi connectivity index (χ2v) is 8.46. The third kappa shape index (κ3) is 4.98. The molecule has 1 fully saturated rings. The van der Waals surface area contributed by atoms with E-state index in [1.807, 2.05) is 46.6 Å². The molecule has 2 aromatic carbocycles. The highest BCUT2D eigenvalue weighted by atomic mass is 35.5. The van der Waals surface area contributed by atoms with E-state index in [1.165, 1.54) is 5.69 Å². The van der Waals surface area contributed by atoms with E-state index in [-0.39, 0.29) is 0 Å². The van der Waals surface area contributed by atoms with Gasteiger partial charge in [0.2, 0.25) is 0 Å². The number of nitrogens with zero attached hydrogens (tertiary/aromatic N) is 5. The Labute approximate surface area is 191 Å². The molecule has 4 rings (SSSR count). The molecule has 0 radical (unpaired) electrons. The molecule has 0 N–H and O–H groups in total. The van der Waals surface area contributed by atoms with Gasteiger partial charge >= 0.3 is 0 Å². The summed E-state index contributed by atoms with van der Waals surface area (Å²) in [6.07, 6.45) is 0. The van der Waals surface area contributed by atoms with Crippen molar-refractivity contribution in [1.29, 1.82) is 0 Å². The van der Waals surface area contributed by atoms with Crippen molar-refractivity contribution in [3.8, 4) is 5.75 Å². The van der Waals surface area contributed by atoms with Crippen LogP contribution in [0.4, 0.5) is 5.69 Å². The van der Waals surface area contributed by atoms with E-state index >= 15 is 0 Å². The first kappa shape index (κ1) is 21.2. The summed E-state index contributed by atoms with van der Waals surface area (Å²) in [5.74, 6) is 1.53. The van der Waals surface area contributed by atoms with E-state index in [2.05, 4.69) is 21.0 Å². The summed E-state index contributed by atoms with van der Waals surface area (Å²) < 4.78 is 10.3. The van der Waals surface area contributed by atoms with Gasteiger partial charge in [0.15, 0.2) is 10.6 Å². The molecule has 1 aliphatic rings. The molecular weight excluding hydrogens is 441 g/mol. The van der Waals surface area contributed by atoms with Crippen LogP contribution in [0.25, 0.3) is 0 Å². The summed E-state index contributed by atoms with van der Waals surface area (Å²) in [7, 11) is 1.92. The Bertz CT molecular complexity index is 1060. The summed E-state index contributed by atoms with van der Waals surface area (Å²) in [6, 6.07) is 15.3. The van der Waals surface area contributed by atoms with Gasteiger partial charge in [-0.1, -0.05) is 29.3 Å². The normalized spacial score (nSPS) is 14.8. The van der Waals surface area contributed by atoms with Gasteiger partial charge in [-0.15, -0.1) is 0 Å². The van der Waals surface area contributed by atoms with Crippen LogP contribution in [0.2, 0.25) is 10.0 Å². The number of piperazine rings is 1. The number of anilines is 1. The van der Waals surface area contributed by atoms with Gasteiger partial charge in [-0.2, -0.15) is 5.10 Å². The van der Waals surface area contributed by atoms with Crippen molar-refractivity contribution in [3.63, 3.8) is 0 Å². The van der Waals surface area contributed by atoms with Crippen LogP contribution in [0.1, 0.15) is 5.82 Å². The van der Waals surface area contributed by atoms with E-state index in [0.29, 0.717) is 23.1 Å². The smallest absolute Gasteiger partial charge is 0.198 e. The summed E-state index contributed by atoms with van der Waals surface area (Å²) in [5.41, 5.74) is 1.17. The van der Waals surface area contributed by atoms with Crippen molar-refractivity contribution in [1.82, 2.24) is 19.2 Å². The predicted molar refractivity (Wildman–Crippen MR) is 123 cm³/mol. The highest BCUT2D eigenvalue weighted by molar-refractivity contribution is 7.71. The largest absolute Gasteiger partial charge is 0.486 e. The average molecular weight is 464 g/mol. The number of hydrogen-bond donors (Lipinski definition) is 0. The Hall–Kier alpha value is -2.06. The highest BCUT2D eigenvalue weighted by Crippen LogP contribution is 2.21. The molecule has 1 aliphatic heterocycles. The van der Waals surface area contributed by atoms with Gasteiger partial charge in [-0.3, -0.25) is 4.90 Å².